The van der Waals surface area contributed by atoms with E-state index >= 15 is 0 Å². The molecule has 0 radical (unpaired) electrons. The van der Waals surface area contributed by atoms with Crippen LogP contribution in [0.4, 0.5) is 24.5 Å². The highest BCUT2D eigenvalue weighted by atomic mass is 35.5. The fourth-order valence-electron chi connectivity index (χ4n) is 2.90. The number of amides is 1. The normalized spacial score (nSPS) is 13.7. The number of hydrogen-bond acceptors (Lipinski definition) is 2. The fourth-order valence-corrected chi connectivity index (χ4v) is 3.12. The zero-order valence-electron chi connectivity index (χ0n) is 13.2. The number of hydrogen-bond donors (Lipinski definition) is 1. The highest BCUT2D eigenvalue weighted by molar-refractivity contribution is 6.31. The molecule has 2 aromatic rings. The number of carbonyl (C=O) groups excluding carboxylic acids is 1. The first-order valence-corrected chi connectivity index (χ1v) is 8.23. The molecule has 0 aromatic heterocycles. The standard InChI is InChI=1S/C18H16ClF3N2O/c19-15-6-5-13(11-14(15)18(20,21)22)23-9-7-17(25)24-10-8-12-3-1-2-4-16(12)24/h1-6,11,23H,7-10H2. The molecule has 1 N–H and O–H groups in total. The maximum absolute atomic E-state index is 12.9. The second-order valence-electron chi connectivity index (χ2n) is 5.79. The third-order valence-corrected chi connectivity index (χ3v) is 4.46. The minimum Gasteiger partial charge on any atom is -0.385 e. The van der Waals surface area contributed by atoms with E-state index in [-0.39, 0.29) is 29.6 Å². The molecular weight excluding hydrogens is 353 g/mol. The van der Waals surface area contributed by atoms with Crippen molar-refractivity contribution in [3.63, 3.8) is 0 Å². The molecule has 3 rings (SSSR count). The summed E-state index contributed by atoms with van der Waals surface area (Å²) in [7, 11) is 0. The van der Waals surface area contributed by atoms with Crippen molar-refractivity contribution in [3.05, 3.63) is 58.6 Å². The van der Waals surface area contributed by atoms with Crippen molar-refractivity contribution >= 4 is 28.9 Å². The molecule has 1 heterocycles. The van der Waals surface area contributed by atoms with Crippen LogP contribution in [0.3, 0.4) is 0 Å². The van der Waals surface area contributed by atoms with E-state index in [9.17, 15) is 18.0 Å². The van der Waals surface area contributed by atoms with E-state index < -0.39 is 11.7 Å². The molecule has 0 spiro atoms. The van der Waals surface area contributed by atoms with Crippen molar-refractivity contribution in [3.8, 4) is 0 Å². The quantitative estimate of drug-likeness (QED) is 0.844. The van der Waals surface area contributed by atoms with E-state index in [0.717, 1.165) is 23.7 Å². The molecular formula is C18H16ClF3N2O. The first-order chi connectivity index (χ1) is 11.9. The number of benzene rings is 2. The van der Waals surface area contributed by atoms with E-state index in [1.54, 1.807) is 4.90 Å². The number of para-hydroxylation sites is 1. The summed E-state index contributed by atoms with van der Waals surface area (Å²) in [6, 6.07) is 11.3. The molecule has 1 amide bonds. The Labute approximate surface area is 148 Å². The van der Waals surface area contributed by atoms with Crippen molar-refractivity contribution in [2.24, 2.45) is 0 Å². The SMILES string of the molecule is O=C(CCNc1ccc(Cl)c(C(F)(F)F)c1)N1CCc2ccccc21. The van der Waals surface area contributed by atoms with Crippen molar-refractivity contribution in [1.29, 1.82) is 0 Å². The molecule has 0 bridgehead atoms. The lowest BCUT2D eigenvalue weighted by molar-refractivity contribution is -0.137. The van der Waals surface area contributed by atoms with Crippen LogP contribution >= 0.6 is 11.6 Å². The number of rotatable bonds is 4. The van der Waals surface area contributed by atoms with Gasteiger partial charge in [-0.15, -0.1) is 0 Å². The Morgan fingerprint density at radius 3 is 2.72 bits per heavy atom. The topological polar surface area (TPSA) is 32.3 Å². The van der Waals surface area contributed by atoms with Gasteiger partial charge in [-0.1, -0.05) is 29.8 Å². The van der Waals surface area contributed by atoms with Gasteiger partial charge in [0, 0.05) is 30.9 Å². The first-order valence-electron chi connectivity index (χ1n) is 7.85. The molecule has 25 heavy (non-hydrogen) atoms. The third kappa shape index (κ3) is 3.90. The monoisotopic (exact) mass is 368 g/mol. The number of anilines is 2. The van der Waals surface area contributed by atoms with Gasteiger partial charge in [0.15, 0.2) is 0 Å². The Morgan fingerprint density at radius 2 is 1.96 bits per heavy atom. The van der Waals surface area contributed by atoms with Crippen LogP contribution in [-0.4, -0.2) is 19.0 Å². The highest BCUT2D eigenvalue weighted by Crippen LogP contribution is 2.36. The van der Waals surface area contributed by atoms with Gasteiger partial charge in [-0.2, -0.15) is 13.2 Å². The van der Waals surface area contributed by atoms with Crippen molar-refractivity contribution in [2.45, 2.75) is 19.0 Å². The molecule has 2 aromatic carbocycles. The predicted octanol–water partition coefficient (Wildman–Crippen LogP) is 4.75. The number of nitrogens with zero attached hydrogens (tertiary/aromatic N) is 1. The van der Waals surface area contributed by atoms with Gasteiger partial charge in [0.25, 0.3) is 0 Å². The Kier molecular flexibility index (Phi) is 4.90. The number of carbonyl (C=O) groups is 1. The van der Waals surface area contributed by atoms with Crippen LogP contribution in [0.2, 0.25) is 5.02 Å². The van der Waals surface area contributed by atoms with Gasteiger partial charge in [-0.05, 0) is 36.2 Å². The average Bonchev–Trinajstić information content (AvgIpc) is 2.99. The highest BCUT2D eigenvalue weighted by Gasteiger charge is 2.33. The maximum Gasteiger partial charge on any atom is 0.417 e. The smallest absolute Gasteiger partial charge is 0.385 e. The molecule has 7 heteroatoms. The molecule has 3 nitrogen and oxygen atoms in total. The summed E-state index contributed by atoms with van der Waals surface area (Å²) in [4.78, 5) is 14.1. The molecule has 132 valence electrons. The van der Waals surface area contributed by atoms with Gasteiger partial charge < -0.3 is 10.2 Å². The Bertz CT molecular complexity index is 792. The number of fused-ring (bicyclic) bond motifs is 1. The number of alkyl halides is 3. The van der Waals surface area contributed by atoms with Crippen molar-refractivity contribution < 1.29 is 18.0 Å². The van der Waals surface area contributed by atoms with Crippen LogP contribution in [0.5, 0.6) is 0 Å². The van der Waals surface area contributed by atoms with Crippen LogP contribution in [0.25, 0.3) is 0 Å². The molecule has 1 aliphatic heterocycles. The van der Waals surface area contributed by atoms with Crippen LogP contribution in [0.1, 0.15) is 17.5 Å². The lowest BCUT2D eigenvalue weighted by Gasteiger charge is -2.18. The summed E-state index contributed by atoms with van der Waals surface area (Å²) < 4.78 is 38.6. The fraction of sp³-hybridized carbons (Fsp3) is 0.278. The zero-order chi connectivity index (χ0) is 18.0. The van der Waals surface area contributed by atoms with E-state index in [4.69, 9.17) is 11.6 Å². The van der Waals surface area contributed by atoms with E-state index in [1.807, 2.05) is 24.3 Å². The summed E-state index contributed by atoms with van der Waals surface area (Å²) in [5.74, 6) is -0.0533. The molecule has 0 atom stereocenters. The zero-order valence-corrected chi connectivity index (χ0v) is 14.0. The molecule has 0 saturated heterocycles. The predicted molar refractivity (Wildman–Crippen MR) is 92.1 cm³/mol. The van der Waals surface area contributed by atoms with Gasteiger partial charge in [0.1, 0.15) is 0 Å². The number of halogens is 4. The molecule has 0 saturated carbocycles. The molecule has 0 unspecified atom stereocenters. The maximum atomic E-state index is 12.9. The van der Waals surface area contributed by atoms with Crippen molar-refractivity contribution in [2.75, 3.05) is 23.3 Å². The molecule has 0 aliphatic carbocycles. The van der Waals surface area contributed by atoms with Gasteiger partial charge in [0.05, 0.1) is 10.6 Å². The molecule has 1 aliphatic rings. The Hall–Kier alpha value is -2.21. The van der Waals surface area contributed by atoms with Crippen molar-refractivity contribution in [1.82, 2.24) is 0 Å². The van der Waals surface area contributed by atoms with Crippen LogP contribution in [0, 0.1) is 0 Å². The van der Waals surface area contributed by atoms with Gasteiger partial charge in [-0.3, -0.25) is 4.79 Å². The summed E-state index contributed by atoms with van der Waals surface area (Å²) in [5.41, 5.74) is 1.44. The van der Waals surface area contributed by atoms with Crippen LogP contribution < -0.4 is 10.2 Å². The summed E-state index contributed by atoms with van der Waals surface area (Å²) in [6.45, 7) is 0.883. The van der Waals surface area contributed by atoms with Crippen LogP contribution in [-0.2, 0) is 17.4 Å². The molecule has 0 fully saturated rings. The minimum absolute atomic E-state index is 0.0533. The second kappa shape index (κ2) is 6.96. The average molecular weight is 369 g/mol. The summed E-state index contributed by atoms with van der Waals surface area (Å²) >= 11 is 5.59. The van der Waals surface area contributed by atoms with Gasteiger partial charge in [-0.25, -0.2) is 0 Å². The van der Waals surface area contributed by atoms with E-state index in [1.165, 1.54) is 12.1 Å². The minimum atomic E-state index is -4.51. The Morgan fingerprint density at radius 1 is 1.20 bits per heavy atom. The lowest BCUT2D eigenvalue weighted by atomic mass is 10.2. The summed E-state index contributed by atoms with van der Waals surface area (Å²) in [6.07, 6.45) is -3.50. The lowest BCUT2D eigenvalue weighted by Crippen LogP contribution is -2.30. The largest absolute Gasteiger partial charge is 0.417 e. The third-order valence-electron chi connectivity index (χ3n) is 4.13. The Balaban J connectivity index is 1.60. The van der Waals surface area contributed by atoms with E-state index in [2.05, 4.69) is 5.32 Å². The second-order valence-corrected chi connectivity index (χ2v) is 6.20. The van der Waals surface area contributed by atoms with E-state index in [0.29, 0.717) is 6.54 Å². The number of nitrogens with one attached hydrogen (secondary N) is 1. The first kappa shape index (κ1) is 17.6. The summed E-state index contributed by atoms with van der Waals surface area (Å²) in [5, 5.41) is 2.51. The van der Waals surface area contributed by atoms with Gasteiger partial charge >= 0.3 is 6.18 Å². The van der Waals surface area contributed by atoms with Gasteiger partial charge in [0.2, 0.25) is 5.91 Å². The van der Waals surface area contributed by atoms with Crippen LogP contribution in [0.15, 0.2) is 42.5 Å².